The normalized spacial score (nSPS) is 14.4. The minimum absolute atomic E-state index is 0.0873. The molecule has 1 aromatic rings. The fourth-order valence-corrected chi connectivity index (χ4v) is 3.96. The van der Waals surface area contributed by atoms with Gasteiger partial charge in [-0.05, 0) is 25.8 Å². The summed E-state index contributed by atoms with van der Waals surface area (Å²) in [5, 5.41) is 20.9. The van der Waals surface area contributed by atoms with Crippen LogP contribution in [0.25, 0.3) is 0 Å². The van der Waals surface area contributed by atoms with E-state index < -0.39 is 102 Å². The quantitative estimate of drug-likeness (QED) is 0.0630. The third kappa shape index (κ3) is 14.8. The molecule has 0 radical (unpaired) electrons. The van der Waals surface area contributed by atoms with Gasteiger partial charge in [0.1, 0.15) is 30.2 Å². The third-order valence-electron chi connectivity index (χ3n) is 6.51. The monoisotopic (exact) mass is 663 g/mol. The van der Waals surface area contributed by atoms with Crippen LogP contribution in [0.1, 0.15) is 45.1 Å². The first kappa shape index (κ1) is 39.4. The zero-order valence-electron chi connectivity index (χ0n) is 25.8. The van der Waals surface area contributed by atoms with Crippen molar-refractivity contribution in [2.45, 2.75) is 82.2 Å². The van der Waals surface area contributed by atoms with Crippen LogP contribution in [0.3, 0.4) is 0 Å². The van der Waals surface area contributed by atoms with Crippen LogP contribution in [0.2, 0.25) is 0 Å². The molecule has 0 bridgehead atoms. The minimum Gasteiger partial charge on any atom is -0.480 e. The molecule has 258 valence electrons. The van der Waals surface area contributed by atoms with Gasteiger partial charge in [0.25, 0.3) is 0 Å². The fraction of sp³-hybridized carbons (Fsp3) is 0.464. The van der Waals surface area contributed by atoms with Crippen LogP contribution in [-0.2, 0) is 49.6 Å². The van der Waals surface area contributed by atoms with E-state index in [0.717, 1.165) is 0 Å². The molecule has 0 fully saturated rings. The molecular weight excluding hydrogens is 622 g/mol. The van der Waals surface area contributed by atoms with Crippen molar-refractivity contribution in [3.05, 3.63) is 35.9 Å². The molecule has 8 amide bonds. The van der Waals surface area contributed by atoms with Crippen molar-refractivity contribution < 1.29 is 48.3 Å². The summed E-state index contributed by atoms with van der Waals surface area (Å²) in [5.41, 5.74) is 21.4. The van der Waals surface area contributed by atoms with Gasteiger partial charge in [0.15, 0.2) is 0 Å². The molecule has 0 aromatic heterocycles. The summed E-state index contributed by atoms with van der Waals surface area (Å²) >= 11 is 0. The van der Waals surface area contributed by atoms with Gasteiger partial charge in [0, 0.05) is 12.8 Å². The average Bonchev–Trinajstić information content (AvgIpc) is 2.97. The smallest absolute Gasteiger partial charge is 0.326 e. The van der Waals surface area contributed by atoms with Crippen LogP contribution in [-0.4, -0.2) is 94.6 Å². The van der Waals surface area contributed by atoms with Crippen molar-refractivity contribution >= 4 is 53.2 Å². The highest BCUT2D eigenvalue weighted by Gasteiger charge is 2.31. The maximum absolute atomic E-state index is 13.0. The number of carbonyl (C=O) groups excluding carboxylic acids is 8. The summed E-state index contributed by atoms with van der Waals surface area (Å²) in [7, 11) is 0. The number of amides is 8. The topological polar surface area (TPSA) is 338 Å². The first-order valence-electron chi connectivity index (χ1n) is 14.3. The van der Waals surface area contributed by atoms with E-state index in [1.165, 1.54) is 13.8 Å². The molecule has 6 atom stereocenters. The number of benzene rings is 1. The number of carboxylic acids is 1. The second-order valence-corrected chi connectivity index (χ2v) is 10.6. The molecule has 0 aliphatic carbocycles. The molecule has 1 rings (SSSR count). The Morgan fingerprint density at radius 1 is 0.617 bits per heavy atom. The highest BCUT2D eigenvalue weighted by molar-refractivity contribution is 5.97. The summed E-state index contributed by atoms with van der Waals surface area (Å²) in [6.07, 6.45) is -1.90. The van der Waals surface area contributed by atoms with E-state index in [4.69, 9.17) is 22.9 Å². The molecule has 0 heterocycles. The minimum atomic E-state index is -1.66. The highest BCUT2D eigenvalue weighted by atomic mass is 16.4. The van der Waals surface area contributed by atoms with Gasteiger partial charge in [0.2, 0.25) is 47.3 Å². The number of nitrogens with two attached hydrogens (primary N) is 4. The molecule has 19 nitrogen and oxygen atoms in total. The Morgan fingerprint density at radius 2 is 1.09 bits per heavy atom. The molecule has 19 heteroatoms. The third-order valence-corrected chi connectivity index (χ3v) is 6.51. The van der Waals surface area contributed by atoms with Gasteiger partial charge in [-0.25, -0.2) is 4.79 Å². The Balaban J connectivity index is 2.97. The first-order valence-corrected chi connectivity index (χ1v) is 14.3. The van der Waals surface area contributed by atoms with Crippen LogP contribution >= 0.6 is 0 Å². The SMILES string of the molecule is C[C@H](NC(=O)[C@H](C)NC(=O)[C@H](CCC(N)=O)NC(=O)[C@@H](N)CC(N)=O)C(=O)N[C@@H](Cc1ccccc1)C(=O)N[C@@H](CC(N)=O)C(=O)O. The Hall–Kier alpha value is -5.59. The number of nitrogens with one attached hydrogen (secondary N) is 5. The van der Waals surface area contributed by atoms with Crippen LogP contribution in [0.15, 0.2) is 30.3 Å². The summed E-state index contributed by atoms with van der Waals surface area (Å²) in [5.74, 6) is -8.63. The first-order chi connectivity index (χ1) is 21.9. The van der Waals surface area contributed by atoms with Gasteiger partial charge in [-0.15, -0.1) is 0 Å². The number of aliphatic carboxylic acids is 1. The Kier molecular flexibility index (Phi) is 16.0. The Labute approximate surface area is 269 Å². The Morgan fingerprint density at radius 3 is 1.60 bits per heavy atom. The summed E-state index contributed by atoms with van der Waals surface area (Å²) in [6.45, 7) is 2.54. The van der Waals surface area contributed by atoms with Crippen molar-refractivity contribution in [3.8, 4) is 0 Å². The van der Waals surface area contributed by atoms with E-state index in [-0.39, 0.29) is 19.3 Å². The number of carbonyl (C=O) groups is 9. The fourth-order valence-electron chi connectivity index (χ4n) is 3.96. The molecule has 1 aromatic carbocycles. The highest BCUT2D eigenvalue weighted by Crippen LogP contribution is 2.06. The van der Waals surface area contributed by atoms with E-state index in [1.807, 2.05) is 0 Å². The molecule has 0 spiro atoms. The summed E-state index contributed by atoms with van der Waals surface area (Å²) in [6, 6.07) is 0.0375. The summed E-state index contributed by atoms with van der Waals surface area (Å²) in [4.78, 5) is 109. The summed E-state index contributed by atoms with van der Waals surface area (Å²) < 4.78 is 0. The molecule has 0 saturated carbocycles. The molecular formula is C28H41N9O10. The van der Waals surface area contributed by atoms with Gasteiger partial charge in [-0.2, -0.15) is 0 Å². The zero-order chi connectivity index (χ0) is 35.8. The maximum Gasteiger partial charge on any atom is 0.326 e. The lowest BCUT2D eigenvalue weighted by Gasteiger charge is -2.25. The molecule has 0 saturated heterocycles. The van der Waals surface area contributed by atoms with E-state index in [9.17, 15) is 48.3 Å². The van der Waals surface area contributed by atoms with Gasteiger partial charge >= 0.3 is 5.97 Å². The standard InChI is InChI=1S/C28H41N9O10/c1-13(34-26(44)17(8-9-20(30)38)35-25(43)16(29)11-21(31)39)23(41)33-14(2)24(42)36-18(10-15-6-4-3-5-7-15)27(45)37-19(28(46)47)12-22(32)40/h3-7,13-14,16-19H,8-12,29H2,1-2H3,(H2,30,38)(H2,31,39)(H2,32,40)(H,33,41)(H,34,44)(H,35,43)(H,36,42)(H,37,45)(H,46,47)/t13-,14-,16-,17-,18-,19-/m0/s1. The van der Waals surface area contributed by atoms with Gasteiger partial charge in [0.05, 0.1) is 18.9 Å². The van der Waals surface area contributed by atoms with Gasteiger partial charge < -0.3 is 54.6 Å². The molecule has 47 heavy (non-hydrogen) atoms. The lowest BCUT2D eigenvalue weighted by Crippen LogP contribution is -2.58. The number of rotatable bonds is 20. The van der Waals surface area contributed by atoms with E-state index in [0.29, 0.717) is 5.56 Å². The van der Waals surface area contributed by atoms with Crippen molar-refractivity contribution in [3.63, 3.8) is 0 Å². The van der Waals surface area contributed by atoms with E-state index in [2.05, 4.69) is 26.6 Å². The number of hydrogen-bond acceptors (Lipinski definition) is 10. The number of carboxylic acid groups (broad SMARTS) is 1. The number of primary amides is 3. The van der Waals surface area contributed by atoms with E-state index >= 15 is 0 Å². The molecule has 0 aliphatic heterocycles. The number of hydrogen-bond donors (Lipinski definition) is 10. The van der Waals surface area contributed by atoms with Crippen LogP contribution in [0, 0.1) is 0 Å². The van der Waals surface area contributed by atoms with Crippen LogP contribution in [0.5, 0.6) is 0 Å². The largest absolute Gasteiger partial charge is 0.480 e. The van der Waals surface area contributed by atoms with Crippen molar-refractivity contribution in [1.82, 2.24) is 26.6 Å². The van der Waals surface area contributed by atoms with Gasteiger partial charge in [-0.1, -0.05) is 30.3 Å². The predicted octanol–water partition coefficient (Wildman–Crippen LogP) is -4.88. The molecule has 14 N–H and O–H groups in total. The van der Waals surface area contributed by atoms with Crippen molar-refractivity contribution in [2.24, 2.45) is 22.9 Å². The predicted molar refractivity (Wildman–Crippen MR) is 163 cm³/mol. The lowest BCUT2D eigenvalue weighted by molar-refractivity contribution is -0.143. The maximum atomic E-state index is 13.0. The Bertz CT molecular complexity index is 1340. The second-order valence-electron chi connectivity index (χ2n) is 10.6. The van der Waals surface area contributed by atoms with Crippen LogP contribution in [0.4, 0.5) is 0 Å². The zero-order valence-corrected chi connectivity index (χ0v) is 25.8. The second kappa shape index (κ2) is 19.0. The van der Waals surface area contributed by atoms with Crippen molar-refractivity contribution in [1.29, 1.82) is 0 Å². The lowest BCUT2D eigenvalue weighted by atomic mass is 10.0. The molecule has 0 aliphatic rings. The molecule has 0 unspecified atom stereocenters. The van der Waals surface area contributed by atoms with Crippen molar-refractivity contribution in [2.75, 3.05) is 0 Å². The van der Waals surface area contributed by atoms with Gasteiger partial charge in [-0.3, -0.25) is 38.4 Å². The van der Waals surface area contributed by atoms with Crippen LogP contribution < -0.4 is 49.5 Å². The average molecular weight is 664 g/mol. The van der Waals surface area contributed by atoms with E-state index in [1.54, 1.807) is 30.3 Å².